The van der Waals surface area contributed by atoms with Crippen LogP contribution in [0.4, 0.5) is 0 Å². The number of rotatable bonds is 1. The first-order chi connectivity index (χ1) is 6.36. The third-order valence-electron chi connectivity index (χ3n) is 3.87. The van der Waals surface area contributed by atoms with Crippen molar-refractivity contribution < 1.29 is 4.42 Å². The molecule has 2 N–H and O–H groups in total. The van der Waals surface area contributed by atoms with E-state index < -0.39 is 0 Å². The van der Waals surface area contributed by atoms with Crippen LogP contribution in [-0.2, 0) is 6.42 Å². The van der Waals surface area contributed by atoms with E-state index in [1.165, 1.54) is 30.6 Å². The first-order valence-electron chi connectivity index (χ1n) is 5.12. The Bertz CT molecular complexity index is 325. The van der Waals surface area contributed by atoms with Gasteiger partial charge in [-0.25, -0.2) is 0 Å². The largest absolute Gasteiger partial charge is 0.469 e. The molecular formula is C11H15NO. The fourth-order valence-electron chi connectivity index (χ4n) is 2.87. The van der Waals surface area contributed by atoms with Gasteiger partial charge in [-0.2, -0.15) is 0 Å². The van der Waals surface area contributed by atoms with Crippen LogP contribution in [-0.4, -0.2) is 6.54 Å². The Labute approximate surface area is 78.1 Å². The van der Waals surface area contributed by atoms with E-state index in [1.807, 2.05) is 6.26 Å². The maximum absolute atomic E-state index is 5.85. The van der Waals surface area contributed by atoms with Gasteiger partial charge in [0.1, 0.15) is 5.76 Å². The normalized spacial score (nSPS) is 28.8. The average molecular weight is 177 g/mol. The summed E-state index contributed by atoms with van der Waals surface area (Å²) in [6.07, 6.45) is 6.97. The third-order valence-corrected chi connectivity index (χ3v) is 3.87. The summed E-state index contributed by atoms with van der Waals surface area (Å²) in [5.41, 5.74) is 7.82. The molecule has 1 unspecified atom stereocenters. The molecule has 2 heteroatoms. The molecule has 1 aromatic rings. The fourth-order valence-corrected chi connectivity index (χ4v) is 2.87. The minimum Gasteiger partial charge on any atom is -0.469 e. The molecule has 0 amide bonds. The van der Waals surface area contributed by atoms with Gasteiger partial charge in [0.25, 0.3) is 0 Å². The van der Waals surface area contributed by atoms with E-state index >= 15 is 0 Å². The lowest BCUT2D eigenvalue weighted by molar-refractivity contribution is 0.325. The molecule has 13 heavy (non-hydrogen) atoms. The van der Waals surface area contributed by atoms with Gasteiger partial charge in [0, 0.05) is 12.3 Å². The van der Waals surface area contributed by atoms with Crippen LogP contribution in [0, 0.1) is 5.41 Å². The summed E-state index contributed by atoms with van der Waals surface area (Å²) in [6, 6.07) is 2.12. The standard InChI is InChI=1S/C11H15NO/c12-7-9-8-2-6-13-10(8)1-3-11(9)4-5-11/h2,6,9H,1,3-5,7,12H2. The molecule has 2 nitrogen and oxygen atoms in total. The lowest BCUT2D eigenvalue weighted by Crippen LogP contribution is -2.27. The maximum atomic E-state index is 5.85. The summed E-state index contributed by atoms with van der Waals surface area (Å²) in [5, 5.41) is 0. The first kappa shape index (κ1) is 7.63. The molecule has 0 bridgehead atoms. The zero-order valence-corrected chi connectivity index (χ0v) is 7.75. The lowest BCUT2D eigenvalue weighted by Gasteiger charge is -2.30. The summed E-state index contributed by atoms with van der Waals surface area (Å²) in [5.74, 6) is 1.77. The van der Waals surface area contributed by atoms with Crippen LogP contribution in [0.2, 0.25) is 0 Å². The smallest absolute Gasteiger partial charge is 0.107 e. The van der Waals surface area contributed by atoms with E-state index in [4.69, 9.17) is 10.2 Å². The predicted molar refractivity (Wildman–Crippen MR) is 50.5 cm³/mol. The molecule has 70 valence electrons. The Morgan fingerprint density at radius 2 is 2.31 bits per heavy atom. The number of aryl methyl sites for hydroxylation is 1. The Balaban J connectivity index is 2.04. The van der Waals surface area contributed by atoms with Crippen LogP contribution in [0.25, 0.3) is 0 Å². The molecule has 1 heterocycles. The van der Waals surface area contributed by atoms with Crippen molar-refractivity contribution in [2.24, 2.45) is 11.1 Å². The summed E-state index contributed by atoms with van der Waals surface area (Å²) in [7, 11) is 0. The van der Waals surface area contributed by atoms with Crippen LogP contribution < -0.4 is 5.73 Å². The van der Waals surface area contributed by atoms with E-state index in [0.29, 0.717) is 11.3 Å². The molecule has 1 spiro atoms. The molecule has 1 fully saturated rings. The van der Waals surface area contributed by atoms with Gasteiger partial charge in [-0.15, -0.1) is 0 Å². The van der Waals surface area contributed by atoms with Gasteiger partial charge in [0.2, 0.25) is 0 Å². The second kappa shape index (κ2) is 2.38. The molecule has 2 aliphatic rings. The lowest BCUT2D eigenvalue weighted by atomic mass is 9.75. The van der Waals surface area contributed by atoms with Crippen LogP contribution in [0.1, 0.15) is 36.5 Å². The van der Waals surface area contributed by atoms with Crippen molar-refractivity contribution in [3.05, 3.63) is 23.7 Å². The molecule has 0 radical (unpaired) electrons. The van der Waals surface area contributed by atoms with Gasteiger partial charge in [0.05, 0.1) is 6.26 Å². The maximum Gasteiger partial charge on any atom is 0.107 e. The molecular weight excluding hydrogens is 162 g/mol. The van der Waals surface area contributed by atoms with Crippen molar-refractivity contribution in [3.8, 4) is 0 Å². The predicted octanol–water partition coefficient (Wildman–Crippen LogP) is 2.05. The second-order valence-electron chi connectivity index (χ2n) is 4.45. The average Bonchev–Trinajstić information content (AvgIpc) is 2.76. The molecule has 0 saturated heterocycles. The number of hydrogen-bond acceptors (Lipinski definition) is 2. The Morgan fingerprint density at radius 3 is 3.00 bits per heavy atom. The highest BCUT2D eigenvalue weighted by Gasteiger charge is 2.51. The molecule has 1 aromatic heterocycles. The molecule has 3 rings (SSSR count). The van der Waals surface area contributed by atoms with Crippen LogP contribution in [0.15, 0.2) is 16.7 Å². The van der Waals surface area contributed by atoms with Crippen molar-refractivity contribution in [1.82, 2.24) is 0 Å². The highest BCUT2D eigenvalue weighted by atomic mass is 16.3. The van der Waals surface area contributed by atoms with Gasteiger partial charge in [-0.1, -0.05) is 0 Å². The fraction of sp³-hybridized carbons (Fsp3) is 0.636. The minimum atomic E-state index is 0.575. The molecule has 1 saturated carbocycles. The Morgan fingerprint density at radius 1 is 1.46 bits per heavy atom. The Kier molecular flexibility index (Phi) is 1.40. The SMILES string of the molecule is NCC1c2ccoc2CCC12CC2. The Hall–Kier alpha value is -0.760. The monoisotopic (exact) mass is 177 g/mol. The molecule has 1 atom stereocenters. The van der Waals surface area contributed by atoms with Crippen LogP contribution >= 0.6 is 0 Å². The molecule has 2 aliphatic carbocycles. The van der Waals surface area contributed by atoms with Crippen molar-refractivity contribution in [1.29, 1.82) is 0 Å². The van der Waals surface area contributed by atoms with Crippen molar-refractivity contribution >= 4 is 0 Å². The number of furan rings is 1. The second-order valence-corrected chi connectivity index (χ2v) is 4.45. The van der Waals surface area contributed by atoms with Crippen molar-refractivity contribution in [2.45, 2.75) is 31.6 Å². The highest BCUT2D eigenvalue weighted by Crippen LogP contribution is 2.61. The molecule has 0 aliphatic heterocycles. The van der Waals surface area contributed by atoms with Crippen molar-refractivity contribution in [2.75, 3.05) is 6.54 Å². The summed E-state index contributed by atoms with van der Waals surface area (Å²) >= 11 is 0. The van der Waals surface area contributed by atoms with Gasteiger partial charge < -0.3 is 10.2 Å². The van der Waals surface area contributed by atoms with Gasteiger partial charge in [0.15, 0.2) is 0 Å². The van der Waals surface area contributed by atoms with Crippen LogP contribution in [0.5, 0.6) is 0 Å². The third kappa shape index (κ3) is 0.923. The number of nitrogens with two attached hydrogens (primary N) is 1. The zero-order valence-electron chi connectivity index (χ0n) is 7.75. The highest BCUT2D eigenvalue weighted by molar-refractivity contribution is 5.31. The summed E-state index contributed by atoms with van der Waals surface area (Å²) in [4.78, 5) is 0. The van der Waals surface area contributed by atoms with E-state index in [9.17, 15) is 0 Å². The van der Waals surface area contributed by atoms with Gasteiger partial charge in [-0.05, 0) is 42.9 Å². The van der Waals surface area contributed by atoms with E-state index in [1.54, 1.807) is 0 Å². The minimum absolute atomic E-state index is 0.575. The van der Waals surface area contributed by atoms with E-state index in [0.717, 1.165) is 13.0 Å². The van der Waals surface area contributed by atoms with Gasteiger partial charge in [-0.3, -0.25) is 0 Å². The quantitative estimate of drug-likeness (QED) is 0.713. The first-order valence-corrected chi connectivity index (χ1v) is 5.12. The number of hydrogen-bond donors (Lipinski definition) is 1. The topological polar surface area (TPSA) is 39.2 Å². The summed E-state index contributed by atoms with van der Waals surface area (Å²) in [6.45, 7) is 0.784. The molecule has 0 aromatic carbocycles. The van der Waals surface area contributed by atoms with E-state index in [2.05, 4.69) is 6.07 Å². The van der Waals surface area contributed by atoms with Crippen LogP contribution in [0.3, 0.4) is 0 Å². The zero-order chi connectivity index (χ0) is 8.89. The van der Waals surface area contributed by atoms with Crippen molar-refractivity contribution in [3.63, 3.8) is 0 Å². The number of fused-ring (bicyclic) bond motifs is 1. The summed E-state index contributed by atoms with van der Waals surface area (Å²) < 4.78 is 5.45. The van der Waals surface area contributed by atoms with Gasteiger partial charge >= 0.3 is 0 Å². The van der Waals surface area contributed by atoms with E-state index in [-0.39, 0.29) is 0 Å².